The first-order valence-corrected chi connectivity index (χ1v) is 11.3. The molecule has 3 aromatic heterocycles. The van der Waals surface area contributed by atoms with E-state index in [4.69, 9.17) is 4.98 Å². The van der Waals surface area contributed by atoms with E-state index in [9.17, 15) is 9.59 Å². The largest absolute Gasteiger partial charge is 0.342 e. The zero-order valence-electron chi connectivity index (χ0n) is 17.6. The van der Waals surface area contributed by atoms with Crippen LogP contribution in [0.1, 0.15) is 37.1 Å². The highest BCUT2D eigenvalue weighted by Crippen LogP contribution is 2.24. The summed E-state index contributed by atoms with van der Waals surface area (Å²) in [7, 11) is 1.64. The lowest BCUT2D eigenvalue weighted by molar-refractivity contribution is 0.554. The summed E-state index contributed by atoms with van der Waals surface area (Å²) in [5.74, 6) is 1.61. The van der Waals surface area contributed by atoms with Crippen LogP contribution in [0.15, 0.2) is 20.8 Å². The van der Waals surface area contributed by atoms with E-state index in [1.165, 1.54) is 11.0 Å². The molecule has 3 aromatic rings. The quantitative estimate of drug-likeness (QED) is 0.363. The second-order valence-corrected chi connectivity index (χ2v) is 8.80. The van der Waals surface area contributed by atoms with Gasteiger partial charge in [-0.15, -0.1) is 0 Å². The van der Waals surface area contributed by atoms with Crippen LogP contribution in [0, 0.1) is 13.8 Å². The molecule has 1 fully saturated rings. The maximum absolute atomic E-state index is 12.6. The van der Waals surface area contributed by atoms with Gasteiger partial charge in [-0.1, -0.05) is 11.8 Å². The number of fused-ring (bicyclic) bond motifs is 1. The van der Waals surface area contributed by atoms with Crippen LogP contribution in [0.25, 0.3) is 11.2 Å². The molecule has 1 aliphatic heterocycles. The van der Waals surface area contributed by atoms with E-state index in [1.807, 2.05) is 24.5 Å². The first kappa shape index (κ1) is 20.6. The van der Waals surface area contributed by atoms with Crippen LogP contribution in [0.2, 0.25) is 0 Å². The minimum absolute atomic E-state index is 0.380. The van der Waals surface area contributed by atoms with Crippen molar-refractivity contribution >= 4 is 28.9 Å². The highest BCUT2D eigenvalue weighted by Gasteiger charge is 2.22. The third-order valence-corrected chi connectivity index (χ3v) is 6.28. The molecule has 4 heterocycles. The van der Waals surface area contributed by atoms with Crippen LogP contribution in [0.5, 0.6) is 0 Å². The molecule has 0 unspecified atom stereocenters. The summed E-state index contributed by atoms with van der Waals surface area (Å²) >= 11 is 1.62. The first-order chi connectivity index (χ1) is 14.4. The van der Waals surface area contributed by atoms with E-state index >= 15 is 0 Å². The summed E-state index contributed by atoms with van der Waals surface area (Å²) in [6.07, 6.45) is 4.26. The summed E-state index contributed by atoms with van der Waals surface area (Å²) in [5.41, 5.74) is 2.01. The molecule has 0 spiro atoms. The Morgan fingerprint density at radius 3 is 2.47 bits per heavy atom. The van der Waals surface area contributed by atoms with Gasteiger partial charge in [0, 0.05) is 43.8 Å². The second kappa shape index (κ2) is 8.63. The third-order valence-electron chi connectivity index (χ3n) is 5.34. The minimum atomic E-state index is -0.440. The molecule has 160 valence electrons. The second-order valence-electron chi connectivity index (χ2n) is 7.74. The predicted molar refractivity (Wildman–Crippen MR) is 119 cm³/mol. The number of thioether (sulfide) groups is 1. The molecule has 0 aliphatic carbocycles. The van der Waals surface area contributed by atoms with Crippen molar-refractivity contribution in [3.63, 3.8) is 0 Å². The Morgan fingerprint density at radius 1 is 1.07 bits per heavy atom. The van der Waals surface area contributed by atoms with Gasteiger partial charge in [0.05, 0.1) is 0 Å². The average Bonchev–Trinajstić information content (AvgIpc) is 3.10. The molecule has 0 bridgehead atoms. The summed E-state index contributed by atoms with van der Waals surface area (Å²) in [5, 5.41) is 0.777. The fourth-order valence-corrected chi connectivity index (χ4v) is 4.79. The van der Waals surface area contributed by atoms with Crippen LogP contribution >= 0.6 is 11.8 Å². The van der Waals surface area contributed by atoms with Crippen molar-refractivity contribution in [3.05, 3.63) is 38.3 Å². The van der Waals surface area contributed by atoms with E-state index in [1.54, 1.807) is 18.8 Å². The Balaban J connectivity index is 1.60. The van der Waals surface area contributed by atoms with Crippen molar-refractivity contribution in [1.29, 1.82) is 0 Å². The van der Waals surface area contributed by atoms with Gasteiger partial charge in [-0.25, -0.2) is 14.8 Å². The molecule has 0 saturated carbocycles. The number of H-pyrrole nitrogens is 1. The molecule has 0 atom stereocenters. The Hall–Kier alpha value is -2.62. The van der Waals surface area contributed by atoms with Gasteiger partial charge in [-0.05, 0) is 45.6 Å². The first-order valence-electron chi connectivity index (χ1n) is 10.3. The number of aryl methyl sites for hydroxylation is 4. The van der Waals surface area contributed by atoms with Gasteiger partial charge in [0.15, 0.2) is 16.3 Å². The monoisotopic (exact) mass is 429 g/mol. The molecule has 30 heavy (non-hydrogen) atoms. The minimum Gasteiger partial charge on any atom is -0.342 e. The number of aromatic amines is 1. The van der Waals surface area contributed by atoms with Crippen molar-refractivity contribution in [2.45, 2.75) is 51.2 Å². The van der Waals surface area contributed by atoms with Crippen LogP contribution in [-0.4, -0.2) is 47.9 Å². The van der Waals surface area contributed by atoms with Crippen molar-refractivity contribution < 1.29 is 0 Å². The smallest absolute Gasteiger partial charge is 0.329 e. The Labute approximate surface area is 178 Å². The van der Waals surface area contributed by atoms with Crippen LogP contribution in [0.3, 0.4) is 0 Å². The van der Waals surface area contributed by atoms with Gasteiger partial charge < -0.3 is 9.47 Å². The third kappa shape index (κ3) is 4.14. The van der Waals surface area contributed by atoms with Crippen LogP contribution < -0.4 is 16.1 Å². The van der Waals surface area contributed by atoms with Gasteiger partial charge in [0.1, 0.15) is 0 Å². The number of nitrogens with one attached hydrogen (secondary N) is 1. The number of nitrogens with zero attached hydrogens (tertiary/aromatic N) is 6. The van der Waals surface area contributed by atoms with Gasteiger partial charge in [-0.3, -0.25) is 14.3 Å². The molecular weight excluding hydrogens is 402 g/mol. The lowest BCUT2D eigenvalue weighted by Crippen LogP contribution is -2.32. The number of hydrogen-bond acceptors (Lipinski definition) is 7. The van der Waals surface area contributed by atoms with E-state index in [2.05, 4.69) is 19.9 Å². The molecule has 4 rings (SSSR count). The van der Waals surface area contributed by atoms with Crippen molar-refractivity contribution in [1.82, 2.24) is 29.1 Å². The fraction of sp³-hybridized carbons (Fsp3) is 0.550. The van der Waals surface area contributed by atoms with Gasteiger partial charge in [0.25, 0.3) is 5.56 Å². The van der Waals surface area contributed by atoms with Crippen LogP contribution in [-0.2, 0) is 13.6 Å². The summed E-state index contributed by atoms with van der Waals surface area (Å²) < 4.78 is 3.39. The zero-order chi connectivity index (χ0) is 21.3. The number of piperidine rings is 1. The Bertz CT molecular complexity index is 1150. The van der Waals surface area contributed by atoms with E-state index in [-0.39, 0.29) is 5.56 Å². The van der Waals surface area contributed by atoms with E-state index in [0.717, 1.165) is 60.6 Å². The zero-order valence-corrected chi connectivity index (χ0v) is 18.5. The Kier molecular flexibility index (Phi) is 5.94. The van der Waals surface area contributed by atoms with Crippen molar-refractivity contribution in [2.24, 2.45) is 7.05 Å². The molecular formula is C20H27N7O2S. The van der Waals surface area contributed by atoms with Gasteiger partial charge in [-0.2, -0.15) is 4.98 Å². The predicted octanol–water partition coefficient (Wildman–Crippen LogP) is 2.00. The molecule has 9 nitrogen and oxygen atoms in total. The lowest BCUT2D eigenvalue weighted by Gasteiger charge is -2.28. The fourth-order valence-electron chi connectivity index (χ4n) is 3.91. The highest BCUT2D eigenvalue weighted by molar-refractivity contribution is 7.99. The summed E-state index contributed by atoms with van der Waals surface area (Å²) in [4.78, 5) is 43.0. The molecule has 0 radical (unpaired) electrons. The van der Waals surface area contributed by atoms with Crippen molar-refractivity contribution in [3.8, 4) is 0 Å². The van der Waals surface area contributed by atoms with Gasteiger partial charge >= 0.3 is 5.69 Å². The number of rotatable bonds is 6. The molecule has 1 aliphatic rings. The SMILES string of the molecule is Cc1cc(C)nc(SCCCn2c(N3CCCCC3)nc3c2c(=O)[nH]c(=O)n3C)n1. The van der Waals surface area contributed by atoms with E-state index in [0.29, 0.717) is 17.7 Å². The summed E-state index contributed by atoms with van der Waals surface area (Å²) in [6, 6.07) is 1.96. The maximum atomic E-state index is 12.6. The maximum Gasteiger partial charge on any atom is 0.329 e. The van der Waals surface area contributed by atoms with E-state index < -0.39 is 5.69 Å². The summed E-state index contributed by atoms with van der Waals surface area (Å²) in [6.45, 7) is 6.41. The van der Waals surface area contributed by atoms with Gasteiger partial charge in [0.2, 0.25) is 5.95 Å². The normalized spacial score (nSPS) is 14.6. The Morgan fingerprint density at radius 2 is 1.77 bits per heavy atom. The molecule has 0 amide bonds. The topological polar surface area (TPSA) is 102 Å². The molecule has 0 aromatic carbocycles. The number of aromatic nitrogens is 6. The number of anilines is 1. The number of imidazole rings is 1. The van der Waals surface area contributed by atoms with Crippen LogP contribution in [0.4, 0.5) is 5.95 Å². The standard InChI is InChI=1S/C20H27N7O2S/c1-13-12-14(2)22-18(21-13)30-11-7-10-27-15-16(25(3)20(29)24-17(15)28)23-19(27)26-8-5-4-6-9-26/h12H,4-11H2,1-3H3,(H,24,28,29). The average molecular weight is 430 g/mol. The lowest BCUT2D eigenvalue weighted by atomic mass is 10.1. The molecule has 1 saturated heterocycles. The molecule has 10 heteroatoms. The van der Waals surface area contributed by atoms with Crippen molar-refractivity contribution in [2.75, 3.05) is 23.7 Å². The molecule has 1 N–H and O–H groups in total. The number of hydrogen-bond donors (Lipinski definition) is 1. The highest BCUT2D eigenvalue weighted by atomic mass is 32.2.